The fourth-order valence-corrected chi connectivity index (χ4v) is 2.95. The Hall–Kier alpha value is -2.69. The maximum atomic E-state index is 12.0. The van der Waals surface area contributed by atoms with Gasteiger partial charge >= 0.3 is 17.9 Å². The fraction of sp³-hybridized carbons (Fsp3) is 0.474. The van der Waals surface area contributed by atoms with E-state index in [-0.39, 0.29) is 6.61 Å². The van der Waals surface area contributed by atoms with E-state index in [1.165, 1.54) is 0 Å². The fourth-order valence-electron chi connectivity index (χ4n) is 2.88. The summed E-state index contributed by atoms with van der Waals surface area (Å²) in [4.78, 5) is 47.0. The lowest BCUT2D eigenvalue weighted by molar-refractivity contribution is -0.295. The number of benzene rings is 1. The van der Waals surface area contributed by atoms with Gasteiger partial charge in [-0.25, -0.2) is 0 Å². The van der Waals surface area contributed by atoms with E-state index in [4.69, 9.17) is 41.0 Å². The van der Waals surface area contributed by atoms with Crippen molar-refractivity contribution in [1.29, 1.82) is 0 Å². The van der Waals surface area contributed by atoms with Crippen LogP contribution in [0.15, 0.2) is 30.3 Å². The second kappa shape index (κ2) is 10.9. The van der Waals surface area contributed by atoms with Crippen molar-refractivity contribution in [3.8, 4) is 0 Å². The van der Waals surface area contributed by atoms with Crippen LogP contribution in [0.4, 0.5) is 0 Å². The summed E-state index contributed by atoms with van der Waals surface area (Å²) in [5.74, 6) is -3.90. The highest BCUT2D eigenvalue weighted by molar-refractivity contribution is 6.26. The van der Waals surface area contributed by atoms with Crippen LogP contribution >= 0.6 is 11.6 Å². The highest BCUT2D eigenvalue weighted by Crippen LogP contribution is 2.30. The molecule has 2 unspecified atom stereocenters. The molecule has 0 aromatic heterocycles. The van der Waals surface area contributed by atoms with Gasteiger partial charge < -0.3 is 29.4 Å². The lowest BCUT2D eigenvalue weighted by Crippen LogP contribution is -2.64. The van der Waals surface area contributed by atoms with Gasteiger partial charge in [0.2, 0.25) is 6.29 Å². The van der Waals surface area contributed by atoms with E-state index < -0.39 is 60.4 Å². The smallest absolute Gasteiger partial charge is 0.321 e. The van der Waals surface area contributed by atoms with Crippen molar-refractivity contribution in [3.63, 3.8) is 0 Å². The molecule has 10 nitrogen and oxygen atoms in total. The van der Waals surface area contributed by atoms with Crippen molar-refractivity contribution in [2.45, 2.75) is 51.2 Å². The summed E-state index contributed by atoms with van der Waals surface area (Å²) >= 11 is 5.51. The van der Waals surface area contributed by atoms with Crippen LogP contribution in [0, 0.1) is 0 Å². The van der Waals surface area contributed by atoms with Crippen LogP contribution in [0.3, 0.4) is 0 Å². The van der Waals surface area contributed by atoms with E-state index in [0.717, 1.165) is 19.4 Å². The maximum absolute atomic E-state index is 12.0. The van der Waals surface area contributed by atoms with Crippen molar-refractivity contribution in [2.24, 2.45) is 5.73 Å². The molecule has 1 amide bonds. The molecule has 1 aromatic carbocycles. The maximum Gasteiger partial charge on any atom is 0.321 e. The monoisotopic (exact) mass is 443 g/mol. The molecule has 1 heterocycles. The number of amides is 1. The summed E-state index contributed by atoms with van der Waals surface area (Å²) in [6, 6.07) is 8.92. The van der Waals surface area contributed by atoms with Crippen molar-refractivity contribution in [1.82, 2.24) is 0 Å². The number of carbonyl (C=O) groups is 4. The standard InChI is InChI=1S/C19H22ClNO9/c1-10(22)27-17-14(26-9-12-6-4-3-5-7-12)15(29-13(24)8-20)16(18(21)25)30-19(17)28-11(2)23/h3-7,14-17,19H,8-9H2,1-2H3,(H2,21,25)/t14-,15+,16?,17?,19+/m1/s1. The first-order chi connectivity index (χ1) is 14.2. The summed E-state index contributed by atoms with van der Waals surface area (Å²) in [5, 5.41) is 0. The van der Waals surface area contributed by atoms with Crippen LogP contribution in [-0.4, -0.2) is 60.4 Å². The summed E-state index contributed by atoms with van der Waals surface area (Å²) < 4.78 is 26.8. The summed E-state index contributed by atoms with van der Waals surface area (Å²) in [5.41, 5.74) is 6.14. The minimum absolute atomic E-state index is 0.00350. The molecule has 0 bridgehead atoms. The third-order valence-corrected chi connectivity index (χ3v) is 4.24. The highest BCUT2D eigenvalue weighted by atomic mass is 35.5. The first-order valence-electron chi connectivity index (χ1n) is 8.93. The lowest BCUT2D eigenvalue weighted by atomic mass is 9.97. The van der Waals surface area contributed by atoms with E-state index >= 15 is 0 Å². The number of primary amides is 1. The molecule has 164 valence electrons. The van der Waals surface area contributed by atoms with Crippen molar-refractivity contribution in [3.05, 3.63) is 35.9 Å². The van der Waals surface area contributed by atoms with E-state index in [1.807, 2.05) is 6.07 Å². The first kappa shape index (κ1) is 23.6. The Morgan fingerprint density at radius 1 is 0.967 bits per heavy atom. The van der Waals surface area contributed by atoms with E-state index in [0.29, 0.717) is 0 Å². The topological polar surface area (TPSA) is 140 Å². The Kier molecular flexibility index (Phi) is 8.58. The van der Waals surface area contributed by atoms with Crippen LogP contribution in [0.25, 0.3) is 0 Å². The third kappa shape index (κ3) is 6.41. The van der Waals surface area contributed by atoms with E-state index in [1.54, 1.807) is 24.3 Å². The van der Waals surface area contributed by atoms with Gasteiger partial charge in [-0.05, 0) is 5.56 Å². The van der Waals surface area contributed by atoms with Gasteiger partial charge in [-0.15, -0.1) is 11.6 Å². The first-order valence-corrected chi connectivity index (χ1v) is 9.46. The molecule has 1 fully saturated rings. The van der Waals surface area contributed by atoms with Crippen molar-refractivity contribution in [2.75, 3.05) is 5.88 Å². The average Bonchev–Trinajstić information content (AvgIpc) is 2.68. The summed E-state index contributed by atoms with van der Waals surface area (Å²) in [6.07, 6.45) is -7.07. The van der Waals surface area contributed by atoms with Gasteiger partial charge in [-0.1, -0.05) is 30.3 Å². The van der Waals surface area contributed by atoms with Gasteiger partial charge in [-0.3, -0.25) is 19.2 Å². The molecular formula is C19H22ClNO9. The van der Waals surface area contributed by atoms with Gasteiger partial charge in [0.15, 0.2) is 18.3 Å². The van der Waals surface area contributed by atoms with Crippen LogP contribution in [0.2, 0.25) is 0 Å². The predicted molar refractivity (Wildman–Crippen MR) is 101 cm³/mol. The molecule has 1 aliphatic heterocycles. The molecule has 0 aliphatic carbocycles. The largest absolute Gasteiger partial charge is 0.455 e. The zero-order valence-electron chi connectivity index (χ0n) is 16.3. The van der Waals surface area contributed by atoms with Crippen LogP contribution in [-0.2, 0) is 49.5 Å². The Labute approximate surface area is 177 Å². The molecule has 11 heteroatoms. The van der Waals surface area contributed by atoms with Crippen LogP contribution in [0.5, 0.6) is 0 Å². The predicted octanol–water partition coefficient (Wildman–Crippen LogP) is 0.427. The molecule has 2 rings (SSSR count). The number of ether oxygens (including phenoxy) is 5. The lowest BCUT2D eigenvalue weighted by Gasteiger charge is -2.43. The molecular weight excluding hydrogens is 422 g/mol. The minimum Gasteiger partial charge on any atom is -0.455 e. The van der Waals surface area contributed by atoms with Crippen LogP contribution in [0.1, 0.15) is 19.4 Å². The molecule has 1 aromatic rings. The number of nitrogens with two attached hydrogens (primary N) is 1. The zero-order chi connectivity index (χ0) is 22.3. The van der Waals surface area contributed by atoms with Crippen LogP contribution < -0.4 is 5.73 Å². The Morgan fingerprint density at radius 3 is 2.13 bits per heavy atom. The van der Waals surface area contributed by atoms with Crippen molar-refractivity contribution < 1.29 is 42.9 Å². The molecule has 30 heavy (non-hydrogen) atoms. The summed E-state index contributed by atoms with van der Waals surface area (Å²) in [7, 11) is 0. The van der Waals surface area contributed by atoms with Gasteiger partial charge in [0.1, 0.15) is 12.0 Å². The second-order valence-electron chi connectivity index (χ2n) is 6.36. The van der Waals surface area contributed by atoms with Gasteiger partial charge in [-0.2, -0.15) is 0 Å². The molecule has 0 radical (unpaired) electrons. The molecule has 5 atom stereocenters. The zero-order valence-corrected chi connectivity index (χ0v) is 17.1. The number of carbonyl (C=O) groups excluding carboxylic acids is 4. The van der Waals surface area contributed by atoms with Gasteiger partial charge in [0.05, 0.1) is 6.61 Å². The quantitative estimate of drug-likeness (QED) is 0.344. The van der Waals surface area contributed by atoms with Gasteiger partial charge in [0, 0.05) is 13.8 Å². The Balaban J connectivity index is 2.41. The molecule has 0 saturated carbocycles. The number of rotatable bonds is 8. The highest BCUT2D eigenvalue weighted by Gasteiger charge is 2.54. The normalized spacial score (nSPS) is 25.8. The van der Waals surface area contributed by atoms with Gasteiger partial charge in [0.25, 0.3) is 5.91 Å². The molecule has 2 N–H and O–H groups in total. The Bertz CT molecular complexity index is 773. The average molecular weight is 444 g/mol. The molecule has 1 aliphatic rings. The minimum atomic E-state index is -1.55. The number of hydrogen-bond acceptors (Lipinski definition) is 9. The van der Waals surface area contributed by atoms with Crippen molar-refractivity contribution >= 4 is 35.4 Å². The number of alkyl halides is 1. The molecule has 1 saturated heterocycles. The summed E-state index contributed by atoms with van der Waals surface area (Å²) in [6.45, 7) is 2.22. The SMILES string of the molecule is CC(=O)OC1[C@@H](OC(C)=O)OC(C(N)=O)[C@@H](OC(=O)CCl)[C@H]1OCc1ccccc1. The third-order valence-electron chi connectivity index (χ3n) is 4.02. The number of halogens is 1. The molecule has 0 spiro atoms. The second-order valence-corrected chi connectivity index (χ2v) is 6.63. The Morgan fingerprint density at radius 2 is 1.60 bits per heavy atom. The van der Waals surface area contributed by atoms with E-state index in [2.05, 4.69) is 0 Å². The number of esters is 3. The van der Waals surface area contributed by atoms with E-state index in [9.17, 15) is 19.2 Å². The number of hydrogen-bond donors (Lipinski definition) is 1.